The van der Waals surface area contributed by atoms with E-state index in [-0.39, 0.29) is 0 Å². The molecule has 0 aliphatic rings. The molecule has 0 radical (unpaired) electrons. The van der Waals surface area contributed by atoms with Gasteiger partial charge in [0.1, 0.15) is 0 Å². The normalized spacial score (nSPS) is 14.2. The fraction of sp³-hybridized carbons (Fsp3) is 0.846. The SMILES string of the molecule is CCC(CCCCCC(CC)C(N)=S)C(N)=S. The highest BCUT2D eigenvalue weighted by atomic mass is 32.1. The zero-order valence-electron chi connectivity index (χ0n) is 11.1. The van der Waals surface area contributed by atoms with Crippen LogP contribution < -0.4 is 11.5 Å². The predicted octanol–water partition coefficient (Wildman–Crippen LogP) is 3.56. The molecule has 0 aromatic rings. The van der Waals surface area contributed by atoms with E-state index >= 15 is 0 Å². The minimum absolute atomic E-state index is 0.419. The second-order valence-electron chi connectivity index (χ2n) is 4.65. The Morgan fingerprint density at radius 1 is 0.824 bits per heavy atom. The Morgan fingerprint density at radius 2 is 1.18 bits per heavy atom. The van der Waals surface area contributed by atoms with E-state index in [1.165, 1.54) is 19.3 Å². The van der Waals surface area contributed by atoms with Gasteiger partial charge in [0.15, 0.2) is 0 Å². The molecule has 4 N–H and O–H groups in total. The second kappa shape index (κ2) is 9.77. The van der Waals surface area contributed by atoms with Crippen LogP contribution in [0.15, 0.2) is 0 Å². The van der Waals surface area contributed by atoms with Crippen molar-refractivity contribution >= 4 is 34.4 Å². The van der Waals surface area contributed by atoms with Gasteiger partial charge >= 0.3 is 0 Å². The molecule has 0 aromatic heterocycles. The first-order valence-corrected chi connectivity index (χ1v) is 7.43. The summed E-state index contributed by atoms with van der Waals surface area (Å²) in [5.41, 5.74) is 11.3. The lowest BCUT2D eigenvalue weighted by molar-refractivity contribution is 0.505. The summed E-state index contributed by atoms with van der Waals surface area (Å²) in [5.74, 6) is 0.838. The van der Waals surface area contributed by atoms with Gasteiger partial charge in [-0.2, -0.15) is 0 Å². The van der Waals surface area contributed by atoms with Gasteiger partial charge in [0, 0.05) is 11.8 Å². The smallest absolute Gasteiger partial charge is 0.0758 e. The lowest BCUT2D eigenvalue weighted by Crippen LogP contribution is -2.21. The maximum absolute atomic E-state index is 5.67. The Morgan fingerprint density at radius 3 is 1.41 bits per heavy atom. The summed E-state index contributed by atoms with van der Waals surface area (Å²) in [4.78, 5) is 1.34. The van der Waals surface area contributed by atoms with Crippen molar-refractivity contribution in [2.45, 2.75) is 58.8 Å². The van der Waals surface area contributed by atoms with Crippen LogP contribution in [0.2, 0.25) is 0 Å². The molecule has 0 saturated heterocycles. The summed E-state index contributed by atoms with van der Waals surface area (Å²) in [5, 5.41) is 0. The van der Waals surface area contributed by atoms with E-state index < -0.39 is 0 Å². The highest BCUT2D eigenvalue weighted by Crippen LogP contribution is 2.17. The van der Waals surface area contributed by atoms with E-state index in [2.05, 4.69) is 13.8 Å². The molecule has 0 amide bonds. The van der Waals surface area contributed by atoms with E-state index in [9.17, 15) is 0 Å². The molecule has 4 heteroatoms. The maximum Gasteiger partial charge on any atom is 0.0758 e. The van der Waals surface area contributed by atoms with Crippen LogP contribution in [0.25, 0.3) is 0 Å². The molecule has 0 saturated carbocycles. The number of thiocarbonyl (C=S) groups is 2. The summed E-state index contributed by atoms with van der Waals surface area (Å²) < 4.78 is 0. The zero-order chi connectivity index (χ0) is 13.3. The van der Waals surface area contributed by atoms with E-state index in [1.54, 1.807) is 0 Å². The van der Waals surface area contributed by atoms with Gasteiger partial charge in [0.25, 0.3) is 0 Å². The summed E-state index contributed by atoms with van der Waals surface area (Å²) >= 11 is 10.1. The van der Waals surface area contributed by atoms with E-state index in [1.807, 2.05) is 0 Å². The van der Waals surface area contributed by atoms with Gasteiger partial charge < -0.3 is 11.5 Å². The molecule has 0 aliphatic heterocycles. The third-order valence-electron chi connectivity index (χ3n) is 3.40. The fourth-order valence-electron chi connectivity index (χ4n) is 2.05. The van der Waals surface area contributed by atoms with Crippen molar-refractivity contribution in [1.82, 2.24) is 0 Å². The summed E-state index contributed by atoms with van der Waals surface area (Å²) in [6, 6.07) is 0. The second-order valence-corrected chi connectivity index (χ2v) is 5.60. The highest BCUT2D eigenvalue weighted by molar-refractivity contribution is 7.80. The Kier molecular flexibility index (Phi) is 9.65. The monoisotopic (exact) mass is 274 g/mol. The Balaban J connectivity index is 3.64. The first-order valence-electron chi connectivity index (χ1n) is 6.61. The summed E-state index contributed by atoms with van der Waals surface area (Å²) in [7, 11) is 0. The largest absolute Gasteiger partial charge is 0.393 e. The van der Waals surface area contributed by atoms with Gasteiger partial charge in [-0.15, -0.1) is 0 Å². The van der Waals surface area contributed by atoms with Crippen molar-refractivity contribution in [1.29, 1.82) is 0 Å². The van der Waals surface area contributed by atoms with Crippen LogP contribution in [0.3, 0.4) is 0 Å². The molecule has 2 atom stereocenters. The lowest BCUT2D eigenvalue weighted by atomic mass is 9.95. The van der Waals surface area contributed by atoms with Gasteiger partial charge in [0.2, 0.25) is 0 Å². The Bertz CT molecular complexity index is 218. The van der Waals surface area contributed by atoms with Crippen LogP contribution in [-0.2, 0) is 0 Å². The van der Waals surface area contributed by atoms with Crippen LogP contribution in [0.1, 0.15) is 58.8 Å². The van der Waals surface area contributed by atoms with Crippen molar-refractivity contribution < 1.29 is 0 Å². The summed E-state index contributed by atoms with van der Waals surface area (Å²) in [6.45, 7) is 4.29. The van der Waals surface area contributed by atoms with Crippen LogP contribution in [0, 0.1) is 11.8 Å². The number of hydrogen-bond donors (Lipinski definition) is 2. The predicted molar refractivity (Wildman–Crippen MR) is 84.2 cm³/mol. The number of unbranched alkanes of at least 4 members (excludes halogenated alkanes) is 2. The quantitative estimate of drug-likeness (QED) is 0.472. The van der Waals surface area contributed by atoms with Gasteiger partial charge in [-0.3, -0.25) is 0 Å². The first kappa shape index (κ1) is 16.8. The first-order chi connectivity index (χ1) is 8.02. The van der Waals surface area contributed by atoms with E-state index in [0.29, 0.717) is 21.8 Å². The lowest BCUT2D eigenvalue weighted by Gasteiger charge is -2.14. The number of rotatable bonds is 10. The topological polar surface area (TPSA) is 52.0 Å². The molecule has 2 nitrogen and oxygen atoms in total. The van der Waals surface area contributed by atoms with E-state index in [4.69, 9.17) is 35.9 Å². The third-order valence-corrected chi connectivity index (χ3v) is 4.06. The maximum atomic E-state index is 5.67. The third kappa shape index (κ3) is 7.66. The molecule has 0 aliphatic carbocycles. The van der Waals surface area contributed by atoms with Crippen LogP contribution >= 0.6 is 24.4 Å². The molecule has 0 rings (SSSR count). The standard InChI is InChI=1S/C13H26N2S2/c1-3-10(12(14)16)8-6-5-7-9-11(4-2)13(15)17/h10-11H,3-9H2,1-2H3,(H2,14,16)(H2,15,17). The van der Waals surface area contributed by atoms with Crippen molar-refractivity contribution in [3.8, 4) is 0 Å². The van der Waals surface area contributed by atoms with Crippen LogP contribution in [-0.4, -0.2) is 9.98 Å². The van der Waals surface area contributed by atoms with E-state index in [0.717, 1.165) is 25.7 Å². The summed E-state index contributed by atoms with van der Waals surface area (Å²) in [6.07, 6.45) is 7.97. The molecule has 0 heterocycles. The molecular weight excluding hydrogens is 248 g/mol. The minimum atomic E-state index is 0.419. The molecular formula is C13H26N2S2. The van der Waals surface area contributed by atoms with Crippen molar-refractivity contribution in [2.75, 3.05) is 0 Å². The van der Waals surface area contributed by atoms with Gasteiger partial charge in [-0.1, -0.05) is 57.5 Å². The molecule has 17 heavy (non-hydrogen) atoms. The van der Waals surface area contributed by atoms with Gasteiger partial charge in [-0.25, -0.2) is 0 Å². The van der Waals surface area contributed by atoms with Crippen molar-refractivity contribution in [3.05, 3.63) is 0 Å². The average Bonchev–Trinajstić information content (AvgIpc) is 2.27. The van der Waals surface area contributed by atoms with Crippen LogP contribution in [0.5, 0.6) is 0 Å². The minimum Gasteiger partial charge on any atom is -0.393 e. The fourth-order valence-corrected chi connectivity index (χ4v) is 2.62. The van der Waals surface area contributed by atoms with Crippen molar-refractivity contribution in [3.63, 3.8) is 0 Å². The average molecular weight is 274 g/mol. The van der Waals surface area contributed by atoms with Crippen molar-refractivity contribution in [2.24, 2.45) is 23.3 Å². The Labute approximate surface area is 117 Å². The molecule has 0 bridgehead atoms. The molecule has 0 fully saturated rings. The van der Waals surface area contributed by atoms with Gasteiger partial charge in [-0.05, 0) is 25.7 Å². The molecule has 0 spiro atoms. The number of hydrogen-bond acceptors (Lipinski definition) is 2. The van der Waals surface area contributed by atoms with Gasteiger partial charge in [0.05, 0.1) is 9.98 Å². The molecule has 2 unspecified atom stereocenters. The van der Waals surface area contributed by atoms with Crippen LogP contribution in [0.4, 0.5) is 0 Å². The Hall–Kier alpha value is -0.220. The molecule has 100 valence electrons. The zero-order valence-corrected chi connectivity index (χ0v) is 12.7. The highest BCUT2D eigenvalue weighted by Gasteiger charge is 2.10. The number of nitrogens with two attached hydrogens (primary N) is 2. The molecule has 0 aromatic carbocycles.